The standard InChI is InChI=1S/C13H14ClNO2/c1-9(2)13(17)15-12-6-5-11(14)8-10(12)4-3-7-16/h5-6,8-9,16H,7H2,1-2H3,(H,15,17). The van der Waals surface area contributed by atoms with Crippen LogP contribution in [-0.4, -0.2) is 17.6 Å². The molecule has 3 nitrogen and oxygen atoms in total. The minimum absolute atomic E-state index is 0.0839. The molecule has 0 radical (unpaired) electrons. The minimum atomic E-state index is -0.232. The molecule has 0 aliphatic heterocycles. The minimum Gasteiger partial charge on any atom is -0.384 e. The summed E-state index contributed by atoms with van der Waals surface area (Å²) in [6.45, 7) is 3.39. The average Bonchev–Trinajstić information content (AvgIpc) is 2.29. The van der Waals surface area contributed by atoms with Crippen LogP contribution in [0.25, 0.3) is 0 Å². The van der Waals surface area contributed by atoms with Crippen molar-refractivity contribution in [2.75, 3.05) is 11.9 Å². The largest absolute Gasteiger partial charge is 0.384 e. The van der Waals surface area contributed by atoms with Gasteiger partial charge in [0, 0.05) is 16.5 Å². The molecule has 0 aliphatic rings. The molecule has 1 amide bonds. The number of aliphatic hydroxyl groups is 1. The molecule has 0 heterocycles. The number of carbonyl (C=O) groups excluding carboxylic acids is 1. The number of anilines is 1. The van der Waals surface area contributed by atoms with Crippen LogP contribution in [0.4, 0.5) is 5.69 Å². The quantitative estimate of drug-likeness (QED) is 0.793. The molecule has 1 aromatic rings. The van der Waals surface area contributed by atoms with Crippen molar-refractivity contribution in [1.29, 1.82) is 0 Å². The highest BCUT2D eigenvalue weighted by Gasteiger charge is 2.09. The van der Waals surface area contributed by atoms with Gasteiger partial charge in [0.15, 0.2) is 0 Å². The van der Waals surface area contributed by atoms with Gasteiger partial charge in [-0.3, -0.25) is 4.79 Å². The lowest BCUT2D eigenvalue weighted by Gasteiger charge is -2.09. The van der Waals surface area contributed by atoms with E-state index in [1.807, 2.05) is 13.8 Å². The molecule has 0 aliphatic carbocycles. The second kappa shape index (κ2) is 6.29. The summed E-state index contributed by atoms with van der Waals surface area (Å²) < 4.78 is 0. The maximum absolute atomic E-state index is 11.6. The van der Waals surface area contributed by atoms with E-state index in [4.69, 9.17) is 16.7 Å². The Morgan fingerprint density at radius 1 is 1.53 bits per heavy atom. The van der Waals surface area contributed by atoms with E-state index in [0.717, 1.165) is 0 Å². The van der Waals surface area contributed by atoms with Gasteiger partial charge in [-0.25, -0.2) is 0 Å². The van der Waals surface area contributed by atoms with Gasteiger partial charge in [0.2, 0.25) is 5.91 Å². The van der Waals surface area contributed by atoms with Crippen molar-refractivity contribution in [3.8, 4) is 11.8 Å². The zero-order chi connectivity index (χ0) is 12.8. The molecule has 0 aromatic heterocycles. The van der Waals surface area contributed by atoms with Crippen LogP contribution in [-0.2, 0) is 4.79 Å². The van der Waals surface area contributed by atoms with E-state index in [2.05, 4.69) is 17.2 Å². The molecule has 90 valence electrons. The van der Waals surface area contributed by atoms with Gasteiger partial charge in [-0.1, -0.05) is 37.3 Å². The molecule has 0 atom stereocenters. The number of hydrogen-bond acceptors (Lipinski definition) is 2. The number of amides is 1. The van der Waals surface area contributed by atoms with Crippen molar-refractivity contribution < 1.29 is 9.90 Å². The summed E-state index contributed by atoms with van der Waals surface area (Å²) in [7, 11) is 0. The van der Waals surface area contributed by atoms with Crippen LogP contribution < -0.4 is 5.32 Å². The zero-order valence-electron chi connectivity index (χ0n) is 9.75. The first-order valence-corrected chi connectivity index (χ1v) is 5.62. The van der Waals surface area contributed by atoms with Gasteiger partial charge < -0.3 is 10.4 Å². The van der Waals surface area contributed by atoms with Crippen LogP contribution in [0.5, 0.6) is 0 Å². The van der Waals surface area contributed by atoms with Crippen molar-refractivity contribution >= 4 is 23.2 Å². The monoisotopic (exact) mass is 251 g/mol. The number of rotatable bonds is 2. The van der Waals surface area contributed by atoms with Crippen LogP contribution in [0.1, 0.15) is 19.4 Å². The Balaban J connectivity index is 3.02. The van der Waals surface area contributed by atoms with Gasteiger partial charge in [-0.15, -0.1) is 0 Å². The number of aliphatic hydroxyl groups excluding tert-OH is 1. The maximum atomic E-state index is 11.6. The molecule has 0 spiro atoms. The lowest BCUT2D eigenvalue weighted by atomic mass is 10.1. The van der Waals surface area contributed by atoms with E-state index >= 15 is 0 Å². The summed E-state index contributed by atoms with van der Waals surface area (Å²) in [6, 6.07) is 5.03. The molecular formula is C13H14ClNO2. The zero-order valence-corrected chi connectivity index (χ0v) is 10.5. The highest BCUT2D eigenvalue weighted by Crippen LogP contribution is 2.20. The van der Waals surface area contributed by atoms with E-state index in [1.54, 1.807) is 18.2 Å². The Hall–Kier alpha value is -1.50. The predicted octanol–water partition coefficient (Wildman–Crippen LogP) is 2.28. The first-order chi connectivity index (χ1) is 8.04. The fraction of sp³-hybridized carbons (Fsp3) is 0.308. The molecule has 1 rings (SSSR count). The van der Waals surface area contributed by atoms with Crippen LogP contribution in [0, 0.1) is 17.8 Å². The molecule has 4 heteroatoms. The SMILES string of the molecule is CC(C)C(=O)Nc1ccc(Cl)cc1C#CCO. The summed E-state index contributed by atoms with van der Waals surface area (Å²) in [5.74, 6) is 5.09. The van der Waals surface area contributed by atoms with E-state index in [0.29, 0.717) is 16.3 Å². The maximum Gasteiger partial charge on any atom is 0.226 e. The molecule has 0 saturated carbocycles. The Kier molecular flexibility index (Phi) is 5.02. The van der Waals surface area contributed by atoms with Gasteiger partial charge >= 0.3 is 0 Å². The number of hydrogen-bond donors (Lipinski definition) is 2. The molecule has 0 unspecified atom stereocenters. The normalized spacial score (nSPS) is 9.71. The Morgan fingerprint density at radius 3 is 2.82 bits per heavy atom. The van der Waals surface area contributed by atoms with E-state index in [1.165, 1.54) is 0 Å². The van der Waals surface area contributed by atoms with E-state index in [9.17, 15) is 4.79 Å². The lowest BCUT2D eigenvalue weighted by molar-refractivity contribution is -0.118. The van der Waals surface area contributed by atoms with Gasteiger partial charge in [-0.05, 0) is 18.2 Å². The molecule has 2 N–H and O–H groups in total. The first kappa shape index (κ1) is 13.6. The molecular weight excluding hydrogens is 238 g/mol. The van der Waals surface area contributed by atoms with Crippen molar-refractivity contribution in [3.05, 3.63) is 28.8 Å². The Morgan fingerprint density at radius 2 is 2.24 bits per heavy atom. The third kappa shape index (κ3) is 4.10. The predicted molar refractivity (Wildman–Crippen MR) is 68.9 cm³/mol. The smallest absolute Gasteiger partial charge is 0.226 e. The first-order valence-electron chi connectivity index (χ1n) is 5.24. The van der Waals surface area contributed by atoms with Crippen LogP contribution in [0.2, 0.25) is 5.02 Å². The highest BCUT2D eigenvalue weighted by atomic mass is 35.5. The molecule has 17 heavy (non-hydrogen) atoms. The van der Waals surface area contributed by atoms with Crippen molar-refractivity contribution in [2.45, 2.75) is 13.8 Å². The van der Waals surface area contributed by atoms with Crippen LogP contribution in [0.3, 0.4) is 0 Å². The van der Waals surface area contributed by atoms with Gasteiger partial charge in [0.1, 0.15) is 6.61 Å². The summed E-state index contributed by atoms with van der Waals surface area (Å²) in [4.78, 5) is 11.6. The third-order valence-electron chi connectivity index (χ3n) is 2.07. The van der Waals surface area contributed by atoms with Crippen LogP contribution in [0.15, 0.2) is 18.2 Å². The van der Waals surface area contributed by atoms with Crippen molar-refractivity contribution in [3.63, 3.8) is 0 Å². The van der Waals surface area contributed by atoms with E-state index < -0.39 is 0 Å². The second-order valence-corrected chi connectivity index (χ2v) is 4.23. The topological polar surface area (TPSA) is 49.3 Å². The average molecular weight is 252 g/mol. The summed E-state index contributed by atoms with van der Waals surface area (Å²) in [6.07, 6.45) is 0. The van der Waals surface area contributed by atoms with Gasteiger partial charge in [0.05, 0.1) is 5.69 Å². The van der Waals surface area contributed by atoms with Crippen molar-refractivity contribution in [1.82, 2.24) is 0 Å². The lowest BCUT2D eigenvalue weighted by Crippen LogP contribution is -2.18. The highest BCUT2D eigenvalue weighted by molar-refractivity contribution is 6.30. The fourth-order valence-electron chi connectivity index (χ4n) is 1.14. The molecule has 0 saturated heterocycles. The number of nitrogens with one attached hydrogen (secondary N) is 1. The fourth-order valence-corrected chi connectivity index (χ4v) is 1.31. The van der Waals surface area contributed by atoms with Gasteiger partial charge in [-0.2, -0.15) is 0 Å². The molecule has 0 bridgehead atoms. The number of benzene rings is 1. The summed E-state index contributed by atoms with van der Waals surface area (Å²) in [5, 5.41) is 12.0. The number of carbonyl (C=O) groups is 1. The van der Waals surface area contributed by atoms with E-state index in [-0.39, 0.29) is 18.4 Å². The van der Waals surface area contributed by atoms with Crippen molar-refractivity contribution in [2.24, 2.45) is 5.92 Å². The number of halogens is 1. The Bertz CT molecular complexity index is 472. The molecule has 1 aromatic carbocycles. The third-order valence-corrected chi connectivity index (χ3v) is 2.30. The summed E-state index contributed by atoms with van der Waals surface area (Å²) in [5.41, 5.74) is 1.20. The Labute approximate surface area is 106 Å². The molecule has 0 fully saturated rings. The summed E-state index contributed by atoms with van der Waals surface area (Å²) >= 11 is 5.85. The van der Waals surface area contributed by atoms with Crippen LogP contribution >= 0.6 is 11.6 Å². The van der Waals surface area contributed by atoms with Gasteiger partial charge in [0.25, 0.3) is 0 Å². The second-order valence-electron chi connectivity index (χ2n) is 3.79.